The van der Waals surface area contributed by atoms with Crippen molar-refractivity contribution >= 4 is 17.0 Å². The fraction of sp³-hybridized carbons (Fsp3) is 0.158. The van der Waals surface area contributed by atoms with Crippen molar-refractivity contribution in [3.63, 3.8) is 0 Å². The van der Waals surface area contributed by atoms with E-state index in [-0.39, 0.29) is 19.0 Å². The van der Waals surface area contributed by atoms with Crippen LogP contribution in [-0.2, 0) is 11.3 Å². The molecular weight excluding hydrogens is 320 g/mol. The summed E-state index contributed by atoms with van der Waals surface area (Å²) in [7, 11) is 1.58. The van der Waals surface area contributed by atoms with Crippen LogP contribution in [0.3, 0.4) is 0 Å². The molecular formula is C19H16N2O4. The van der Waals surface area contributed by atoms with Crippen molar-refractivity contribution < 1.29 is 13.9 Å². The average molecular weight is 336 g/mol. The number of rotatable bonds is 4. The van der Waals surface area contributed by atoms with Gasteiger partial charge in [0.1, 0.15) is 12.3 Å². The van der Waals surface area contributed by atoms with E-state index >= 15 is 0 Å². The predicted octanol–water partition coefficient (Wildman–Crippen LogP) is 1.77. The fourth-order valence-electron chi connectivity index (χ4n) is 2.39. The lowest BCUT2D eigenvalue weighted by Gasteiger charge is -2.03. The highest BCUT2D eigenvalue weighted by Gasteiger charge is 2.11. The highest BCUT2D eigenvalue weighted by Crippen LogP contribution is 2.15. The Morgan fingerprint density at radius 2 is 1.96 bits per heavy atom. The number of para-hydroxylation sites is 3. The Bertz CT molecular complexity index is 1020. The molecule has 0 atom stereocenters. The van der Waals surface area contributed by atoms with Crippen molar-refractivity contribution in [3.8, 4) is 17.6 Å². The minimum absolute atomic E-state index is 0.119. The molecule has 0 saturated heterocycles. The monoisotopic (exact) mass is 336 g/mol. The summed E-state index contributed by atoms with van der Waals surface area (Å²) in [5.74, 6) is 5.61. The van der Waals surface area contributed by atoms with Crippen LogP contribution >= 0.6 is 0 Å². The van der Waals surface area contributed by atoms with Gasteiger partial charge in [0.05, 0.1) is 24.7 Å². The van der Waals surface area contributed by atoms with E-state index in [1.165, 1.54) is 4.57 Å². The van der Waals surface area contributed by atoms with Gasteiger partial charge in [-0.1, -0.05) is 36.1 Å². The summed E-state index contributed by atoms with van der Waals surface area (Å²) in [5, 5.41) is 2.67. The number of methoxy groups -OCH3 is 1. The van der Waals surface area contributed by atoms with Crippen LogP contribution in [0, 0.1) is 11.8 Å². The van der Waals surface area contributed by atoms with E-state index in [0.29, 0.717) is 16.8 Å². The molecule has 0 spiro atoms. The molecule has 1 N–H and O–H groups in total. The molecule has 126 valence electrons. The van der Waals surface area contributed by atoms with Crippen LogP contribution in [-0.4, -0.2) is 24.1 Å². The van der Waals surface area contributed by atoms with Gasteiger partial charge in [-0.2, -0.15) is 0 Å². The van der Waals surface area contributed by atoms with E-state index < -0.39 is 5.76 Å². The number of aromatic nitrogens is 1. The third-order valence-electron chi connectivity index (χ3n) is 3.58. The lowest BCUT2D eigenvalue weighted by molar-refractivity contribution is -0.121. The largest absolute Gasteiger partial charge is 0.495 e. The second kappa shape index (κ2) is 7.41. The molecule has 3 rings (SSSR count). The number of fused-ring (bicyclic) bond motifs is 1. The van der Waals surface area contributed by atoms with E-state index in [0.717, 1.165) is 5.56 Å². The Morgan fingerprint density at radius 3 is 2.80 bits per heavy atom. The van der Waals surface area contributed by atoms with Gasteiger partial charge in [0, 0.05) is 0 Å². The van der Waals surface area contributed by atoms with Crippen molar-refractivity contribution in [2.75, 3.05) is 13.7 Å². The lowest BCUT2D eigenvalue weighted by Crippen LogP contribution is -2.31. The molecule has 1 aromatic heterocycles. The van der Waals surface area contributed by atoms with Gasteiger partial charge in [-0.05, 0) is 24.3 Å². The van der Waals surface area contributed by atoms with Gasteiger partial charge in [-0.3, -0.25) is 9.36 Å². The first kappa shape index (κ1) is 16.4. The number of nitrogens with zero attached hydrogens (tertiary/aromatic N) is 1. The number of amides is 1. The smallest absolute Gasteiger partial charge is 0.420 e. The molecule has 0 unspecified atom stereocenters. The highest BCUT2D eigenvalue weighted by atomic mass is 16.5. The number of carbonyl (C=O) groups excluding carboxylic acids is 1. The lowest BCUT2D eigenvalue weighted by atomic mass is 10.2. The zero-order valence-electron chi connectivity index (χ0n) is 13.6. The van der Waals surface area contributed by atoms with Gasteiger partial charge in [0.15, 0.2) is 5.58 Å². The van der Waals surface area contributed by atoms with Crippen molar-refractivity contribution in [2.45, 2.75) is 6.54 Å². The van der Waals surface area contributed by atoms with Gasteiger partial charge >= 0.3 is 5.76 Å². The quantitative estimate of drug-likeness (QED) is 0.737. The molecule has 2 aromatic carbocycles. The molecule has 1 amide bonds. The standard InChI is InChI=1S/C19H16N2O4/c1-24-16-10-4-2-7-14(16)8-6-12-20-18(22)13-21-15-9-3-5-11-17(15)25-19(21)23/h2-5,7,9-11H,12-13H2,1H3,(H,20,22). The summed E-state index contributed by atoms with van der Waals surface area (Å²) in [6, 6.07) is 14.3. The maximum Gasteiger partial charge on any atom is 0.420 e. The van der Waals surface area contributed by atoms with Crippen LogP contribution in [0.15, 0.2) is 57.7 Å². The first-order valence-electron chi connectivity index (χ1n) is 7.66. The first-order valence-corrected chi connectivity index (χ1v) is 7.66. The van der Waals surface area contributed by atoms with Crippen LogP contribution < -0.4 is 15.8 Å². The Balaban J connectivity index is 1.63. The van der Waals surface area contributed by atoms with Gasteiger partial charge in [0.2, 0.25) is 5.91 Å². The number of nitrogens with one attached hydrogen (secondary N) is 1. The predicted molar refractivity (Wildman–Crippen MR) is 93.4 cm³/mol. The number of hydrogen-bond acceptors (Lipinski definition) is 4. The molecule has 1 heterocycles. The van der Waals surface area contributed by atoms with Crippen LogP contribution in [0.25, 0.3) is 11.1 Å². The summed E-state index contributed by atoms with van der Waals surface area (Å²) in [6.07, 6.45) is 0. The third kappa shape index (κ3) is 3.72. The zero-order valence-corrected chi connectivity index (χ0v) is 13.6. The Kier molecular flexibility index (Phi) is 4.86. The van der Waals surface area contributed by atoms with E-state index in [1.807, 2.05) is 24.3 Å². The van der Waals surface area contributed by atoms with Gasteiger partial charge in [0.25, 0.3) is 0 Å². The molecule has 0 radical (unpaired) electrons. The molecule has 6 nitrogen and oxygen atoms in total. The summed E-state index contributed by atoms with van der Waals surface area (Å²) in [6.45, 7) is 0.0492. The first-order chi connectivity index (χ1) is 12.2. The zero-order chi connectivity index (χ0) is 17.6. The second-order valence-electron chi connectivity index (χ2n) is 5.20. The SMILES string of the molecule is COc1ccccc1C#CCNC(=O)Cn1c(=O)oc2ccccc21. The Hall–Kier alpha value is -3.46. The van der Waals surface area contributed by atoms with E-state index in [2.05, 4.69) is 17.2 Å². The normalized spacial score (nSPS) is 10.1. The molecule has 0 bridgehead atoms. The fourth-order valence-corrected chi connectivity index (χ4v) is 2.39. The highest BCUT2D eigenvalue weighted by molar-refractivity contribution is 5.79. The third-order valence-corrected chi connectivity index (χ3v) is 3.58. The van der Waals surface area contributed by atoms with Crippen LogP contribution in [0.2, 0.25) is 0 Å². The molecule has 0 aliphatic rings. The second-order valence-corrected chi connectivity index (χ2v) is 5.20. The Morgan fingerprint density at radius 1 is 1.20 bits per heavy atom. The van der Waals surface area contributed by atoms with Crippen LogP contribution in [0.5, 0.6) is 5.75 Å². The maximum absolute atomic E-state index is 12.0. The minimum atomic E-state index is -0.559. The molecule has 25 heavy (non-hydrogen) atoms. The minimum Gasteiger partial charge on any atom is -0.495 e. The van der Waals surface area contributed by atoms with Crippen molar-refractivity contribution in [3.05, 3.63) is 64.6 Å². The van der Waals surface area contributed by atoms with Crippen LogP contribution in [0.4, 0.5) is 0 Å². The summed E-state index contributed by atoms with van der Waals surface area (Å²) in [5.41, 5.74) is 1.79. The van der Waals surface area contributed by atoms with E-state index in [1.54, 1.807) is 31.4 Å². The average Bonchev–Trinajstić information content (AvgIpc) is 2.94. The van der Waals surface area contributed by atoms with E-state index in [9.17, 15) is 9.59 Å². The number of carbonyl (C=O) groups is 1. The molecule has 0 aliphatic heterocycles. The summed E-state index contributed by atoms with van der Waals surface area (Å²) < 4.78 is 11.6. The van der Waals surface area contributed by atoms with Gasteiger partial charge in [-0.15, -0.1) is 0 Å². The summed E-state index contributed by atoms with van der Waals surface area (Å²) in [4.78, 5) is 23.9. The van der Waals surface area contributed by atoms with E-state index in [4.69, 9.17) is 9.15 Å². The van der Waals surface area contributed by atoms with Crippen molar-refractivity contribution in [2.24, 2.45) is 0 Å². The molecule has 0 saturated carbocycles. The van der Waals surface area contributed by atoms with Gasteiger partial charge in [-0.25, -0.2) is 4.79 Å². The number of ether oxygens (including phenoxy) is 1. The number of benzene rings is 2. The summed E-state index contributed by atoms with van der Waals surface area (Å²) >= 11 is 0. The number of oxazole rings is 1. The molecule has 3 aromatic rings. The topological polar surface area (TPSA) is 73.5 Å². The maximum atomic E-state index is 12.0. The van der Waals surface area contributed by atoms with Crippen molar-refractivity contribution in [1.82, 2.24) is 9.88 Å². The molecule has 6 heteroatoms. The number of hydrogen-bond donors (Lipinski definition) is 1. The van der Waals surface area contributed by atoms with Crippen LogP contribution in [0.1, 0.15) is 5.56 Å². The molecule has 0 aliphatic carbocycles. The van der Waals surface area contributed by atoms with Crippen molar-refractivity contribution in [1.29, 1.82) is 0 Å². The van der Waals surface area contributed by atoms with Gasteiger partial charge < -0.3 is 14.5 Å². The molecule has 0 fully saturated rings. The Labute approximate surface area is 144 Å².